The summed E-state index contributed by atoms with van der Waals surface area (Å²) in [5, 5.41) is 2.84. The maximum absolute atomic E-state index is 12.2. The van der Waals surface area contributed by atoms with Crippen LogP contribution < -0.4 is 26.0 Å². The molecule has 0 unspecified atom stereocenters. The van der Waals surface area contributed by atoms with Crippen LogP contribution in [0.1, 0.15) is 22.6 Å². The number of aryl methyl sites for hydroxylation is 2. The van der Waals surface area contributed by atoms with Gasteiger partial charge in [0.05, 0.1) is 0 Å². The SMILES string of the molecule is Cn1c(=O)c2[nH]c(CCCNC(=O)c3ccc4c(c3)OCO4)nc2n(C)c1=O. The third-order valence-corrected chi connectivity index (χ3v) is 4.65. The Balaban J connectivity index is 1.38. The molecule has 2 aromatic heterocycles. The summed E-state index contributed by atoms with van der Waals surface area (Å²) in [5.74, 6) is 1.56. The minimum Gasteiger partial charge on any atom is -0.454 e. The van der Waals surface area contributed by atoms with Crippen molar-refractivity contribution in [3.63, 3.8) is 0 Å². The molecule has 146 valence electrons. The van der Waals surface area contributed by atoms with E-state index in [9.17, 15) is 14.4 Å². The van der Waals surface area contributed by atoms with E-state index in [0.717, 1.165) is 4.57 Å². The fourth-order valence-corrected chi connectivity index (χ4v) is 3.09. The first kappa shape index (κ1) is 17.8. The average Bonchev–Trinajstić information content (AvgIpc) is 3.34. The lowest BCUT2D eigenvalue weighted by Gasteiger charge is -2.05. The predicted octanol–water partition coefficient (Wildman–Crippen LogP) is 0.0516. The smallest absolute Gasteiger partial charge is 0.332 e. The van der Waals surface area contributed by atoms with Crippen molar-refractivity contribution in [2.75, 3.05) is 13.3 Å². The Bertz CT molecular complexity index is 1190. The number of rotatable bonds is 5. The number of aromatic nitrogens is 4. The van der Waals surface area contributed by atoms with Crippen LogP contribution >= 0.6 is 0 Å². The molecule has 0 bridgehead atoms. The highest BCUT2D eigenvalue weighted by molar-refractivity contribution is 5.94. The molecular formula is C18H19N5O5. The third kappa shape index (κ3) is 3.02. The Kier molecular flexibility index (Phi) is 4.38. The zero-order chi connectivity index (χ0) is 19.8. The normalized spacial score (nSPS) is 12.5. The second-order valence-corrected chi connectivity index (χ2v) is 6.52. The molecule has 0 spiro atoms. The van der Waals surface area contributed by atoms with Crippen LogP contribution in [0.3, 0.4) is 0 Å². The van der Waals surface area contributed by atoms with Gasteiger partial charge in [-0.25, -0.2) is 9.78 Å². The number of aromatic amines is 1. The highest BCUT2D eigenvalue weighted by Crippen LogP contribution is 2.32. The molecule has 0 saturated heterocycles. The maximum atomic E-state index is 12.2. The molecule has 3 heterocycles. The number of ether oxygens (including phenoxy) is 2. The van der Waals surface area contributed by atoms with E-state index < -0.39 is 11.2 Å². The van der Waals surface area contributed by atoms with Crippen LogP contribution in [0.25, 0.3) is 11.2 Å². The Morgan fingerprint density at radius 3 is 2.82 bits per heavy atom. The van der Waals surface area contributed by atoms with Gasteiger partial charge in [-0.1, -0.05) is 0 Å². The number of benzene rings is 1. The minimum absolute atomic E-state index is 0.159. The molecule has 0 atom stereocenters. The van der Waals surface area contributed by atoms with Gasteiger partial charge in [0.2, 0.25) is 6.79 Å². The van der Waals surface area contributed by atoms with E-state index >= 15 is 0 Å². The van der Waals surface area contributed by atoms with Crippen LogP contribution in [-0.4, -0.2) is 38.3 Å². The Hall–Kier alpha value is -3.56. The lowest BCUT2D eigenvalue weighted by atomic mass is 10.2. The molecule has 10 nitrogen and oxygen atoms in total. The fourth-order valence-electron chi connectivity index (χ4n) is 3.09. The number of nitrogens with one attached hydrogen (secondary N) is 2. The van der Waals surface area contributed by atoms with Crippen LogP contribution in [0.4, 0.5) is 0 Å². The largest absolute Gasteiger partial charge is 0.454 e. The monoisotopic (exact) mass is 385 g/mol. The first-order valence-corrected chi connectivity index (χ1v) is 8.78. The zero-order valence-electron chi connectivity index (χ0n) is 15.4. The van der Waals surface area contributed by atoms with Gasteiger partial charge in [-0.05, 0) is 24.6 Å². The summed E-state index contributed by atoms with van der Waals surface area (Å²) in [6.07, 6.45) is 1.14. The van der Waals surface area contributed by atoms with Gasteiger partial charge in [0.1, 0.15) is 11.3 Å². The summed E-state index contributed by atoms with van der Waals surface area (Å²) in [4.78, 5) is 43.7. The summed E-state index contributed by atoms with van der Waals surface area (Å²) in [5.41, 5.74) is 0.280. The first-order valence-electron chi connectivity index (χ1n) is 8.78. The van der Waals surface area contributed by atoms with Gasteiger partial charge in [-0.3, -0.25) is 18.7 Å². The Morgan fingerprint density at radius 2 is 2.00 bits per heavy atom. The number of H-pyrrole nitrogens is 1. The number of imidazole rings is 1. The average molecular weight is 385 g/mol. The third-order valence-electron chi connectivity index (χ3n) is 4.65. The summed E-state index contributed by atoms with van der Waals surface area (Å²) in [7, 11) is 3.00. The molecule has 10 heteroatoms. The van der Waals surface area contributed by atoms with Crippen molar-refractivity contribution in [2.45, 2.75) is 12.8 Å². The quantitative estimate of drug-likeness (QED) is 0.599. The van der Waals surface area contributed by atoms with Crippen LogP contribution in [-0.2, 0) is 20.5 Å². The fraction of sp³-hybridized carbons (Fsp3) is 0.333. The van der Waals surface area contributed by atoms with Crippen LogP contribution in [0.2, 0.25) is 0 Å². The van der Waals surface area contributed by atoms with Gasteiger partial charge >= 0.3 is 5.69 Å². The number of amides is 1. The van der Waals surface area contributed by atoms with Crippen LogP contribution in [0, 0.1) is 0 Å². The highest BCUT2D eigenvalue weighted by atomic mass is 16.7. The van der Waals surface area contributed by atoms with Gasteiger partial charge in [0.25, 0.3) is 11.5 Å². The highest BCUT2D eigenvalue weighted by Gasteiger charge is 2.16. The predicted molar refractivity (Wildman–Crippen MR) is 99.8 cm³/mol. The molecule has 0 radical (unpaired) electrons. The molecule has 1 aromatic carbocycles. The number of carbonyl (C=O) groups excluding carboxylic acids is 1. The molecule has 1 aliphatic rings. The summed E-state index contributed by atoms with van der Waals surface area (Å²) < 4.78 is 12.9. The topological polar surface area (TPSA) is 120 Å². The Labute approximate surface area is 158 Å². The Morgan fingerprint density at radius 1 is 1.21 bits per heavy atom. The van der Waals surface area contributed by atoms with Gasteiger partial charge in [0, 0.05) is 32.6 Å². The standard InChI is InChI=1S/C18H19N5O5/c1-22-15-14(17(25)23(2)18(22)26)20-13(21-15)4-3-7-19-16(24)10-5-6-11-12(8-10)28-9-27-11/h5-6,8H,3-4,7,9H2,1-2H3,(H,19,24)(H,20,21). The van der Waals surface area contributed by atoms with Gasteiger partial charge in [-0.2, -0.15) is 0 Å². The van der Waals surface area contributed by atoms with Crippen molar-refractivity contribution in [1.82, 2.24) is 24.4 Å². The molecule has 0 fully saturated rings. The van der Waals surface area contributed by atoms with Gasteiger partial charge in [-0.15, -0.1) is 0 Å². The van der Waals surface area contributed by atoms with Crippen molar-refractivity contribution < 1.29 is 14.3 Å². The van der Waals surface area contributed by atoms with E-state index in [2.05, 4.69) is 15.3 Å². The summed E-state index contributed by atoms with van der Waals surface area (Å²) in [6.45, 7) is 0.591. The second-order valence-electron chi connectivity index (χ2n) is 6.52. The van der Waals surface area contributed by atoms with Gasteiger partial charge < -0.3 is 19.8 Å². The molecule has 1 amide bonds. The minimum atomic E-state index is -0.425. The molecule has 0 saturated carbocycles. The summed E-state index contributed by atoms with van der Waals surface area (Å²) >= 11 is 0. The zero-order valence-corrected chi connectivity index (χ0v) is 15.4. The lowest BCUT2D eigenvalue weighted by Crippen LogP contribution is -2.36. The molecule has 2 N–H and O–H groups in total. The van der Waals surface area contributed by atoms with E-state index in [0.29, 0.717) is 53.4 Å². The molecule has 3 aromatic rings. The lowest BCUT2D eigenvalue weighted by molar-refractivity contribution is 0.0952. The molecule has 28 heavy (non-hydrogen) atoms. The van der Waals surface area contributed by atoms with E-state index in [4.69, 9.17) is 9.47 Å². The van der Waals surface area contributed by atoms with Crippen molar-refractivity contribution in [1.29, 1.82) is 0 Å². The first-order chi connectivity index (χ1) is 13.5. The van der Waals surface area contributed by atoms with Crippen molar-refractivity contribution in [3.8, 4) is 11.5 Å². The molecule has 1 aliphatic heterocycles. The van der Waals surface area contributed by atoms with Crippen molar-refractivity contribution in [2.24, 2.45) is 14.1 Å². The summed E-state index contributed by atoms with van der Waals surface area (Å²) in [6, 6.07) is 5.03. The van der Waals surface area contributed by atoms with E-state index in [-0.39, 0.29) is 12.7 Å². The number of hydrogen-bond donors (Lipinski definition) is 2. The van der Waals surface area contributed by atoms with E-state index in [1.54, 1.807) is 25.2 Å². The number of carbonyl (C=O) groups is 1. The second kappa shape index (κ2) is 6.87. The number of nitrogens with zero attached hydrogens (tertiary/aromatic N) is 3. The molecular weight excluding hydrogens is 366 g/mol. The molecule has 0 aliphatic carbocycles. The maximum Gasteiger partial charge on any atom is 0.332 e. The van der Waals surface area contributed by atoms with Crippen LogP contribution in [0.5, 0.6) is 11.5 Å². The number of fused-ring (bicyclic) bond motifs is 2. The number of hydrogen-bond acceptors (Lipinski definition) is 6. The van der Waals surface area contributed by atoms with E-state index in [1.807, 2.05) is 0 Å². The van der Waals surface area contributed by atoms with E-state index in [1.165, 1.54) is 11.6 Å². The van der Waals surface area contributed by atoms with Crippen molar-refractivity contribution >= 4 is 17.1 Å². The van der Waals surface area contributed by atoms with Gasteiger partial charge in [0.15, 0.2) is 17.1 Å². The van der Waals surface area contributed by atoms with Crippen LogP contribution in [0.15, 0.2) is 27.8 Å². The van der Waals surface area contributed by atoms with Crippen molar-refractivity contribution in [3.05, 3.63) is 50.4 Å². The molecule has 4 rings (SSSR count).